The van der Waals surface area contributed by atoms with Crippen molar-refractivity contribution < 1.29 is 0 Å². The van der Waals surface area contributed by atoms with Crippen LogP contribution in [0.4, 0.5) is 0 Å². The number of pyridine rings is 1. The first kappa shape index (κ1) is 16.5. The van der Waals surface area contributed by atoms with E-state index in [1.165, 1.54) is 10.8 Å². The minimum atomic E-state index is 0.859. The summed E-state index contributed by atoms with van der Waals surface area (Å²) in [5.41, 5.74) is 6.17. The van der Waals surface area contributed by atoms with Gasteiger partial charge in [0.2, 0.25) is 0 Å². The third-order valence-electron chi connectivity index (χ3n) is 5.11. The lowest BCUT2D eigenvalue weighted by atomic mass is 10.0. The molecule has 0 amide bonds. The molecule has 0 aliphatic carbocycles. The summed E-state index contributed by atoms with van der Waals surface area (Å²) < 4.78 is 2.26. The molecule has 0 fully saturated rings. The maximum absolute atomic E-state index is 4.94. The minimum absolute atomic E-state index is 0.859. The van der Waals surface area contributed by atoms with Crippen molar-refractivity contribution in [1.82, 2.24) is 9.38 Å². The summed E-state index contributed by atoms with van der Waals surface area (Å²) >= 11 is 0. The number of benzene rings is 3. The summed E-state index contributed by atoms with van der Waals surface area (Å²) in [6, 6.07) is 23.2. The zero-order valence-corrected chi connectivity index (χ0v) is 15.6. The molecule has 0 radical (unpaired) electrons. The molecule has 0 saturated heterocycles. The van der Waals surface area contributed by atoms with Crippen molar-refractivity contribution in [2.45, 2.75) is 6.92 Å². The topological polar surface area (TPSA) is 29.7 Å². The van der Waals surface area contributed by atoms with Crippen molar-refractivity contribution in [2.75, 3.05) is 0 Å². The maximum Gasteiger partial charge on any atom is 0.146 e. The van der Waals surface area contributed by atoms with Crippen molar-refractivity contribution in [1.29, 1.82) is 0 Å². The van der Waals surface area contributed by atoms with E-state index in [4.69, 9.17) is 4.98 Å². The van der Waals surface area contributed by atoms with E-state index < -0.39 is 0 Å². The van der Waals surface area contributed by atoms with E-state index in [1.807, 2.05) is 19.1 Å². The lowest BCUT2D eigenvalue weighted by Crippen LogP contribution is -1.97. The SMILES string of the molecule is C=CC(=N/C=C\C)c1ccc2c(c1)c1ccccc1n1c3ccccc3nc21. The Hall–Kier alpha value is -3.72. The maximum atomic E-state index is 4.94. The van der Waals surface area contributed by atoms with Gasteiger partial charge in [-0.2, -0.15) is 0 Å². The van der Waals surface area contributed by atoms with Crippen molar-refractivity contribution in [3.8, 4) is 0 Å². The molecule has 0 atom stereocenters. The van der Waals surface area contributed by atoms with Crippen LogP contribution >= 0.6 is 0 Å². The van der Waals surface area contributed by atoms with Crippen molar-refractivity contribution >= 4 is 44.1 Å². The fourth-order valence-corrected chi connectivity index (χ4v) is 3.87. The van der Waals surface area contributed by atoms with Gasteiger partial charge in [-0.3, -0.25) is 9.39 Å². The molecule has 0 aliphatic heterocycles. The Morgan fingerprint density at radius 1 is 0.929 bits per heavy atom. The van der Waals surface area contributed by atoms with E-state index >= 15 is 0 Å². The molecule has 0 bridgehead atoms. The van der Waals surface area contributed by atoms with Gasteiger partial charge in [-0.25, -0.2) is 4.98 Å². The highest BCUT2D eigenvalue weighted by atomic mass is 15.0. The third kappa shape index (κ3) is 2.37. The highest BCUT2D eigenvalue weighted by Crippen LogP contribution is 2.32. The van der Waals surface area contributed by atoms with Gasteiger partial charge in [0.15, 0.2) is 0 Å². The number of allylic oxidation sites excluding steroid dienone is 2. The smallest absolute Gasteiger partial charge is 0.146 e. The normalized spacial score (nSPS) is 12.7. The summed E-state index contributed by atoms with van der Waals surface area (Å²) in [5.74, 6) is 0. The number of fused-ring (bicyclic) bond motifs is 8. The van der Waals surface area contributed by atoms with Gasteiger partial charge in [0.1, 0.15) is 5.65 Å². The quantitative estimate of drug-likeness (QED) is 0.274. The van der Waals surface area contributed by atoms with Crippen molar-refractivity contribution in [3.63, 3.8) is 0 Å². The molecule has 0 unspecified atom stereocenters. The lowest BCUT2D eigenvalue weighted by molar-refractivity contribution is 1.31. The summed E-state index contributed by atoms with van der Waals surface area (Å²) in [5, 5.41) is 3.50. The summed E-state index contributed by atoms with van der Waals surface area (Å²) in [6.45, 7) is 5.89. The minimum Gasteiger partial charge on any atom is -0.292 e. The first-order chi connectivity index (χ1) is 13.8. The van der Waals surface area contributed by atoms with Crippen LogP contribution in [0, 0.1) is 0 Å². The average molecular weight is 361 g/mol. The fourth-order valence-electron chi connectivity index (χ4n) is 3.87. The highest BCUT2D eigenvalue weighted by Gasteiger charge is 2.14. The van der Waals surface area contributed by atoms with Crippen LogP contribution in [0.15, 0.2) is 96.7 Å². The van der Waals surface area contributed by atoms with Crippen LogP contribution < -0.4 is 0 Å². The average Bonchev–Trinajstić information content (AvgIpc) is 3.14. The number of para-hydroxylation sites is 3. The van der Waals surface area contributed by atoms with E-state index in [1.54, 1.807) is 12.3 Å². The van der Waals surface area contributed by atoms with Crippen molar-refractivity contribution in [3.05, 3.63) is 97.2 Å². The number of aliphatic imine (C=N–C) groups is 1. The van der Waals surface area contributed by atoms with E-state index in [-0.39, 0.29) is 0 Å². The van der Waals surface area contributed by atoms with Crippen LogP contribution in [0.2, 0.25) is 0 Å². The van der Waals surface area contributed by atoms with Crippen LogP contribution in [0.3, 0.4) is 0 Å². The van der Waals surface area contributed by atoms with E-state index in [0.717, 1.165) is 38.9 Å². The number of hydrogen-bond acceptors (Lipinski definition) is 2. The molecular weight excluding hydrogens is 342 g/mol. The second-order valence-electron chi connectivity index (χ2n) is 6.74. The number of imidazole rings is 1. The lowest BCUT2D eigenvalue weighted by Gasteiger charge is -2.10. The molecule has 134 valence electrons. The molecule has 5 rings (SSSR count). The van der Waals surface area contributed by atoms with Crippen LogP contribution in [0.25, 0.3) is 38.4 Å². The Balaban J connectivity index is 1.96. The summed E-state index contributed by atoms with van der Waals surface area (Å²) in [7, 11) is 0. The second kappa shape index (κ2) is 6.46. The zero-order chi connectivity index (χ0) is 19.1. The van der Waals surface area contributed by atoms with E-state index in [2.05, 4.69) is 76.6 Å². The molecule has 2 heterocycles. The number of hydrogen-bond donors (Lipinski definition) is 0. The zero-order valence-electron chi connectivity index (χ0n) is 15.6. The van der Waals surface area contributed by atoms with Gasteiger partial charge in [0.05, 0.1) is 22.3 Å². The largest absolute Gasteiger partial charge is 0.292 e. The molecule has 0 spiro atoms. The van der Waals surface area contributed by atoms with Crippen LogP contribution in [-0.4, -0.2) is 15.1 Å². The fraction of sp³-hybridized carbons (Fsp3) is 0.0400. The van der Waals surface area contributed by atoms with Gasteiger partial charge in [0, 0.05) is 22.5 Å². The molecule has 2 aromatic heterocycles. The Labute approximate surface area is 163 Å². The van der Waals surface area contributed by atoms with Crippen molar-refractivity contribution in [2.24, 2.45) is 4.99 Å². The molecule has 28 heavy (non-hydrogen) atoms. The van der Waals surface area contributed by atoms with Crippen LogP contribution in [0.5, 0.6) is 0 Å². The Morgan fingerprint density at radius 3 is 2.54 bits per heavy atom. The molecular formula is C25H19N3. The first-order valence-corrected chi connectivity index (χ1v) is 9.35. The molecule has 3 heteroatoms. The monoisotopic (exact) mass is 361 g/mol. The number of nitrogens with zero attached hydrogens (tertiary/aromatic N) is 3. The number of aromatic nitrogens is 2. The predicted molar refractivity (Wildman–Crippen MR) is 119 cm³/mol. The van der Waals surface area contributed by atoms with E-state index in [0.29, 0.717) is 0 Å². The number of rotatable bonds is 3. The molecule has 3 aromatic carbocycles. The first-order valence-electron chi connectivity index (χ1n) is 9.35. The van der Waals surface area contributed by atoms with E-state index in [9.17, 15) is 0 Å². The van der Waals surface area contributed by atoms with Crippen LogP contribution in [-0.2, 0) is 0 Å². The third-order valence-corrected chi connectivity index (χ3v) is 5.11. The highest BCUT2D eigenvalue weighted by molar-refractivity contribution is 6.17. The molecule has 0 saturated carbocycles. The summed E-state index contributed by atoms with van der Waals surface area (Å²) in [6.07, 6.45) is 5.51. The predicted octanol–water partition coefficient (Wildman–Crippen LogP) is 6.30. The van der Waals surface area contributed by atoms with Gasteiger partial charge in [-0.1, -0.05) is 49.1 Å². The molecule has 3 nitrogen and oxygen atoms in total. The Morgan fingerprint density at radius 2 is 1.71 bits per heavy atom. The standard InChI is InChI=1S/C25H19N3/c1-3-15-26-21(4-2)17-13-14-19-20(16-17)18-9-5-7-11-23(18)28-24-12-8-6-10-22(24)27-25(19)28/h3-16H,2H2,1H3/b15-3-,26-21?. The molecule has 0 aliphatic rings. The van der Waals surface area contributed by atoms with Gasteiger partial charge < -0.3 is 0 Å². The Kier molecular flexibility index (Phi) is 3.80. The Bertz CT molecular complexity index is 1430. The summed E-state index contributed by atoms with van der Waals surface area (Å²) in [4.78, 5) is 9.45. The van der Waals surface area contributed by atoms with Gasteiger partial charge in [-0.15, -0.1) is 0 Å². The van der Waals surface area contributed by atoms with Gasteiger partial charge in [-0.05, 0) is 48.7 Å². The van der Waals surface area contributed by atoms with Crippen LogP contribution in [0.1, 0.15) is 12.5 Å². The molecule has 0 N–H and O–H groups in total. The van der Waals surface area contributed by atoms with Gasteiger partial charge in [0.25, 0.3) is 0 Å². The second-order valence-corrected chi connectivity index (χ2v) is 6.74. The van der Waals surface area contributed by atoms with Gasteiger partial charge >= 0.3 is 0 Å². The molecule has 5 aromatic rings.